The number of primary amides is 1. The van der Waals surface area contributed by atoms with Gasteiger partial charge in [0.05, 0.1) is 11.8 Å². The molecule has 1 aromatic rings. The number of benzene rings is 1. The van der Waals surface area contributed by atoms with Crippen molar-refractivity contribution in [3.05, 3.63) is 29.3 Å². The van der Waals surface area contributed by atoms with Gasteiger partial charge in [0, 0.05) is 24.1 Å². The van der Waals surface area contributed by atoms with E-state index >= 15 is 0 Å². The Hall–Kier alpha value is -1.60. The van der Waals surface area contributed by atoms with E-state index in [-0.39, 0.29) is 11.8 Å². The van der Waals surface area contributed by atoms with Gasteiger partial charge in [-0.2, -0.15) is 4.31 Å². The van der Waals surface area contributed by atoms with Gasteiger partial charge in [-0.15, -0.1) is 0 Å². The number of ether oxygens (including phenoxy) is 1. The van der Waals surface area contributed by atoms with Gasteiger partial charge in [0.1, 0.15) is 11.4 Å². The lowest BCUT2D eigenvalue weighted by Crippen LogP contribution is -2.44. The van der Waals surface area contributed by atoms with Crippen molar-refractivity contribution in [1.82, 2.24) is 4.31 Å². The number of amides is 1. The van der Waals surface area contributed by atoms with Crippen LogP contribution in [-0.4, -0.2) is 36.5 Å². The quantitative estimate of drug-likeness (QED) is 0.849. The number of carbonyl (C=O) groups is 1. The summed E-state index contributed by atoms with van der Waals surface area (Å²) in [5, 5.41) is 0. The monoisotopic (exact) mass is 354 g/mol. The largest absolute Gasteiger partial charge is 0.487 e. The second-order valence-electron chi connectivity index (χ2n) is 6.71. The number of nitrogens with two attached hydrogens (primary N) is 1. The molecule has 0 bridgehead atoms. The molecule has 1 aliphatic heterocycles. The second kappa shape index (κ2) is 6.72. The van der Waals surface area contributed by atoms with Crippen molar-refractivity contribution in [2.75, 3.05) is 12.3 Å². The minimum atomic E-state index is -3.39. The summed E-state index contributed by atoms with van der Waals surface area (Å²) in [4.78, 5) is 11.5. The molecule has 1 atom stereocenters. The molecule has 0 aromatic heterocycles. The molecule has 1 aromatic carbocycles. The Morgan fingerprint density at radius 2 is 2.04 bits per heavy atom. The van der Waals surface area contributed by atoms with E-state index in [1.54, 1.807) is 29.4 Å². The Bertz CT molecular complexity index is 728. The summed E-state index contributed by atoms with van der Waals surface area (Å²) < 4.78 is 32.8. The third kappa shape index (κ3) is 3.72. The molecule has 24 heavy (non-hydrogen) atoms. The third-order valence-electron chi connectivity index (χ3n) is 4.24. The zero-order chi connectivity index (χ0) is 18.1. The van der Waals surface area contributed by atoms with Gasteiger partial charge >= 0.3 is 0 Å². The molecule has 0 spiro atoms. The summed E-state index contributed by atoms with van der Waals surface area (Å²) in [6.07, 6.45) is 1.23. The SMILES string of the molecule is CCCN(C1CC(C)(C)Oc2ccc(C(N)=O)cc21)S(=O)(=O)CC. The van der Waals surface area contributed by atoms with E-state index in [1.165, 1.54) is 0 Å². The van der Waals surface area contributed by atoms with Crippen LogP contribution < -0.4 is 10.5 Å². The van der Waals surface area contributed by atoms with Crippen LogP contribution in [0.1, 0.15) is 62.5 Å². The van der Waals surface area contributed by atoms with E-state index in [0.717, 1.165) is 0 Å². The highest BCUT2D eigenvalue weighted by molar-refractivity contribution is 7.89. The fourth-order valence-corrected chi connectivity index (χ4v) is 4.47. The van der Waals surface area contributed by atoms with E-state index in [1.807, 2.05) is 20.8 Å². The molecule has 134 valence electrons. The van der Waals surface area contributed by atoms with Gasteiger partial charge in [-0.3, -0.25) is 4.79 Å². The molecule has 1 amide bonds. The first kappa shape index (κ1) is 18.7. The number of fused-ring (bicyclic) bond motifs is 1. The summed E-state index contributed by atoms with van der Waals surface area (Å²) in [5.74, 6) is 0.103. The summed E-state index contributed by atoms with van der Waals surface area (Å²) in [6.45, 7) is 7.89. The average Bonchev–Trinajstić information content (AvgIpc) is 2.50. The highest BCUT2D eigenvalue weighted by atomic mass is 32.2. The Balaban J connectivity index is 2.60. The summed E-state index contributed by atoms with van der Waals surface area (Å²) in [5.41, 5.74) is 5.94. The van der Waals surface area contributed by atoms with Crippen LogP contribution in [0.15, 0.2) is 18.2 Å². The molecule has 0 saturated carbocycles. The minimum Gasteiger partial charge on any atom is -0.487 e. The fraction of sp³-hybridized carbons (Fsp3) is 0.588. The molecule has 6 nitrogen and oxygen atoms in total. The van der Waals surface area contributed by atoms with E-state index in [0.29, 0.717) is 36.3 Å². The molecule has 0 fully saturated rings. The van der Waals surface area contributed by atoms with Crippen molar-refractivity contribution in [2.24, 2.45) is 5.73 Å². The van der Waals surface area contributed by atoms with Crippen molar-refractivity contribution in [3.8, 4) is 5.75 Å². The number of nitrogens with zero attached hydrogens (tertiary/aromatic N) is 1. The Morgan fingerprint density at radius 1 is 1.38 bits per heavy atom. The van der Waals surface area contributed by atoms with Crippen molar-refractivity contribution in [2.45, 2.75) is 52.2 Å². The number of hydrogen-bond acceptors (Lipinski definition) is 4. The van der Waals surface area contributed by atoms with Gasteiger partial charge in [-0.25, -0.2) is 8.42 Å². The second-order valence-corrected chi connectivity index (χ2v) is 8.92. The van der Waals surface area contributed by atoms with Crippen molar-refractivity contribution in [3.63, 3.8) is 0 Å². The predicted molar refractivity (Wildman–Crippen MR) is 93.5 cm³/mol. The zero-order valence-electron chi connectivity index (χ0n) is 14.7. The molecule has 0 radical (unpaired) electrons. The summed E-state index contributed by atoms with van der Waals surface area (Å²) >= 11 is 0. The van der Waals surface area contributed by atoms with Gasteiger partial charge in [0.15, 0.2) is 0 Å². The van der Waals surface area contributed by atoms with Gasteiger partial charge < -0.3 is 10.5 Å². The molecule has 2 rings (SSSR count). The molecule has 2 N–H and O–H groups in total. The number of sulfonamides is 1. The first-order valence-electron chi connectivity index (χ1n) is 8.23. The Kier molecular flexibility index (Phi) is 5.25. The van der Waals surface area contributed by atoms with Gasteiger partial charge in [-0.1, -0.05) is 6.92 Å². The lowest BCUT2D eigenvalue weighted by atomic mass is 9.88. The van der Waals surface area contributed by atoms with Gasteiger partial charge in [0.25, 0.3) is 0 Å². The van der Waals surface area contributed by atoms with E-state index in [9.17, 15) is 13.2 Å². The fourth-order valence-electron chi connectivity index (χ4n) is 3.10. The van der Waals surface area contributed by atoms with E-state index in [2.05, 4.69) is 0 Å². The van der Waals surface area contributed by atoms with E-state index in [4.69, 9.17) is 10.5 Å². The van der Waals surface area contributed by atoms with Crippen LogP contribution in [0.2, 0.25) is 0 Å². The molecular weight excluding hydrogens is 328 g/mol. The van der Waals surface area contributed by atoms with Crippen LogP contribution >= 0.6 is 0 Å². The third-order valence-corrected chi connectivity index (χ3v) is 6.12. The highest BCUT2D eigenvalue weighted by Gasteiger charge is 2.40. The van der Waals surface area contributed by atoms with Crippen molar-refractivity contribution < 1.29 is 17.9 Å². The topological polar surface area (TPSA) is 89.7 Å². The van der Waals surface area contributed by atoms with E-state index < -0.39 is 21.5 Å². The molecule has 1 unspecified atom stereocenters. The summed E-state index contributed by atoms with van der Waals surface area (Å²) in [6, 6.07) is 4.60. The molecule has 7 heteroatoms. The van der Waals surface area contributed by atoms with Crippen molar-refractivity contribution >= 4 is 15.9 Å². The minimum absolute atomic E-state index is 0.0373. The standard InChI is InChI=1S/C17H26N2O4S/c1-5-9-19(24(21,22)6-2)14-11-17(3,4)23-15-8-7-12(16(18)20)10-13(14)15/h7-8,10,14H,5-6,9,11H2,1-4H3,(H2,18,20). The molecule has 0 aliphatic carbocycles. The number of hydrogen-bond donors (Lipinski definition) is 1. The maximum Gasteiger partial charge on any atom is 0.248 e. The lowest BCUT2D eigenvalue weighted by Gasteiger charge is -2.42. The normalized spacial score (nSPS) is 19.6. The first-order chi connectivity index (χ1) is 11.1. The van der Waals surface area contributed by atoms with Crippen LogP contribution in [0.5, 0.6) is 5.75 Å². The Labute approximate surface area is 144 Å². The van der Waals surface area contributed by atoms with Crippen LogP contribution in [0.25, 0.3) is 0 Å². The number of rotatable bonds is 6. The van der Waals surface area contributed by atoms with Gasteiger partial charge in [0.2, 0.25) is 15.9 Å². The first-order valence-corrected chi connectivity index (χ1v) is 9.84. The van der Waals surface area contributed by atoms with Crippen LogP contribution in [0.3, 0.4) is 0 Å². The highest BCUT2D eigenvalue weighted by Crippen LogP contribution is 2.44. The molecule has 0 saturated heterocycles. The van der Waals surface area contributed by atoms with Crippen molar-refractivity contribution in [1.29, 1.82) is 0 Å². The molecule has 1 aliphatic rings. The Morgan fingerprint density at radius 3 is 2.58 bits per heavy atom. The zero-order valence-corrected chi connectivity index (χ0v) is 15.5. The van der Waals surface area contributed by atoms with Gasteiger partial charge in [-0.05, 0) is 45.4 Å². The molecule has 1 heterocycles. The average molecular weight is 354 g/mol. The molecular formula is C17H26N2O4S. The van der Waals surface area contributed by atoms with Crippen LogP contribution in [0, 0.1) is 0 Å². The maximum absolute atomic E-state index is 12.6. The smallest absolute Gasteiger partial charge is 0.248 e. The number of carbonyl (C=O) groups excluding carboxylic acids is 1. The maximum atomic E-state index is 12.6. The summed E-state index contributed by atoms with van der Waals surface area (Å²) in [7, 11) is -3.39. The van der Waals surface area contributed by atoms with Crippen LogP contribution in [-0.2, 0) is 10.0 Å². The predicted octanol–water partition coefficient (Wildman–Crippen LogP) is 2.45. The van der Waals surface area contributed by atoms with Crippen LogP contribution in [0.4, 0.5) is 0 Å². The lowest BCUT2D eigenvalue weighted by molar-refractivity contribution is 0.0503.